The van der Waals surface area contributed by atoms with Gasteiger partial charge in [-0.2, -0.15) is 4.31 Å². The minimum atomic E-state index is -4.26. The number of nitrogens with two attached hydrogens (primary N) is 1. The number of amides is 3. The third kappa shape index (κ3) is 11.2. The van der Waals surface area contributed by atoms with Gasteiger partial charge in [0.05, 0.1) is 23.6 Å². The van der Waals surface area contributed by atoms with Crippen LogP contribution >= 0.6 is 0 Å². The van der Waals surface area contributed by atoms with Crippen LogP contribution in [0, 0.1) is 11.3 Å². The summed E-state index contributed by atoms with van der Waals surface area (Å²) in [4.78, 5) is 39.0. The van der Waals surface area contributed by atoms with Gasteiger partial charge < -0.3 is 37.0 Å². The van der Waals surface area contributed by atoms with Gasteiger partial charge in [-0.15, -0.1) is 0 Å². The number of rotatable bonds is 15. The molecule has 3 aromatic rings. The van der Waals surface area contributed by atoms with Crippen LogP contribution in [-0.2, 0) is 26.0 Å². The van der Waals surface area contributed by atoms with Crippen molar-refractivity contribution >= 4 is 33.4 Å². The first-order valence-electron chi connectivity index (χ1n) is 15.9. The molecule has 0 aliphatic heterocycles. The number of aliphatic hydroxyl groups excluding tert-OH is 1. The molecule has 0 aliphatic carbocycles. The van der Waals surface area contributed by atoms with Gasteiger partial charge in [0.25, 0.3) is 5.91 Å². The number of benzene rings is 3. The molecule has 0 saturated heterocycles. The average Bonchev–Trinajstić information content (AvgIpc) is 3.03. The Morgan fingerprint density at radius 2 is 1.51 bits per heavy atom. The molecule has 0 unspecified atom stereocenters. The molecule has 0 bridgehead atoms. The Balaban J connectivity index is 1.83. The minimum absolute atomic E-state index is 0.00972. The Labute approximate surface area is 287 Å². The van der Waals surface area contributed by atoms with E-state index in [1.54, 1.807) is 71.0 Å². The van der Waals surface area contributed by atoms with E-state index >= 15 is 0 Å². The maximum atomic E-state index is 13.9. The van der Waals surface area contributed by atoms with Gasteiger partial charge >= 0.3 is 0 Å². The second-order valence-electron chi connectivity index (χ2n) is 13.4. The molecule has 0 spiro atoms. The number of carbonyl (C=O) groups is 3. The largest absolute Gasteiger partial charge is 0.504 e. The molecule has 14 heteroatoms. The van der Waals surface area contributed by atoms with Gasteiger partial charge in [0.1, 0.15) is 6.04 Å². The van der Waals surface area contributed by atoms with Crippen molar-refractivity contribution in [2.45, 2.75) is 64.1 Å². The fraction of sp³-hybridized carbons (Fsp3) is 0.400. The highest BCUT2D eigenvalue weighted by Crippen LogP contribution is 2.29. The van der Waals surface area contributed by atoms with E-state index in [4.69, 9.17) is 5.73 Å². The Morgan fingerprint density at radius 3 is 2.08 bits per heavy atom. The predicted octanol–water partition coefficient (Wildman–Crippen LogP) is 2.38. The van der Waals surface area contributed by atoms with Crippen molar-refractivity contribution in [3.8, 4) is 11.5 Å². The Kier molecular flexibility index (Phi) is 13.2. The van der Waals surface area contributed by atoms with Crippen molar-refractivity contribution in [2.75, 3.05) is 25.4 Å². The monoisotopic (exact) mass is 697 g/mol. The first kappa shape index (κ1) is 38.8. The molecular formula is C35H47N5O8S. The summed E-state index contributed by atoms with van der Waals surface area (Å²) in [6.07, 6.45) is -1.29. The highest BCUT2D eigenvalue weighted by Gasteiger charge is 2.37. The number of nitrogens with one attached hydrogen (secondary N) is 3. The Bertz CT molecular complexity index is 1690. The molecule has 0 aliphatic rings. The van der Waals surface area contributed by atoms with Crippen LogP contribution in [-0.4, -0.2) is 83.6 Å². The van der Waals surface area contributed by atoms with Crippen LogP contribution in [0.2, 0.25) is 0 Å². The number of anilines is 1. The molecule has 0 heterocycles. The lowest BCUT2D eigenvalue weighted by molar-refractivity contribution is -0.132. The van der Waals surface area contributed by atoms with Crippen molar-refractivity contribution in [3.63, 3.8) is 0 Å². The van der Waals surface area contributed by atoms with E-state index in [-0.39, 0.29) is 23.8 Å². The molecule has 3 rings (SSSR count). The maximum Gasteiger partial charge on any atom is 0.251 e. The van der Waals surface area contributed by atoms with Crippen molar-refractivity contribution in [2.24, 2.45) is 11.3 Å². The molecule has 3 amide bonds. The standard InChI is InChI=1S/C35H47N5O8S/c1-22(2)20-40(49(47,48)26-15-16-28(41)29(42)18-26)21-30(43)27(17-23-9-7-6-8-10-23)38-34(46)32(35(3,4)5)39-31(44)19-37-33(45)24-11-13-25(36)14-12-24/h6-16,18,22,27,30,32,41-43H,17,19-21,36H2,1-5H3,(H,37,45)(H,38,46)(H,39,44)/t27-,30+,32+/m0/s1. The SMILES string of the molecule is CC(C)CN(C[C@@H](O)[C@H](Cc1ccccc1)NC(=O)[C@@H](NC(=O)CNC(=O)c1ccc(N)cc1)C(C)(C)C)S(=O)(=O)c1ccc(O)c(O)c1. The molecule has 0 fully saturated rings. The van der Waals surface area contributed by atoms with Gasteiger partial charge in [-0.1, -0.05) is 65.0 Å². The van der Waals surface area contributed by atoms with E-state index in [9.17, 15) is 38.1 Å². The number of aromatic hydroxyl groups is 2. The van der Waals surface area contributed by atoms with Crippen LogP contribution in [0.5, 0.6) is 11.5 Å². The summed E-state index contributed by atoms with van der Waals surface area (Å²) in [5, 5.41) is 39.3. The Morgan fingerprint density at radius 1 is 0.878 bits per heavy atom. The third-order valence-corrected chi connectivity index (χ3v) is 9.48. The van der Waals surface area contributed by atoms with Crippen LogP contribution in [0.15, 0.2) is 77.7 Å². The van der Waals surface area contributed by atoms with E-state index in [1.807, 2.05) is 6.07 Å². The number of nitrogen functional groups attached to an aromatic ring is 1. The zero-order valence-corrected chi connectivity index (χ0v) is 29.2. The summed E-state index contributed by atoms with van der Waals surface area (Å²) in [7, 11) is -4.26. The number of hydrogen-bond donors (Lipinski definition) is 7. The number of hydrogen-bond acceptors (Lipinski definition) is 9. The van der Waals surface area contributed by atoms with Crippen molar-refractivity contribution in [1.82, 2.24) is 20.3 Å². The molecule has 49 heavy (non-hydrogen) atoms. The Hall–Kier alpha value is -4.66. The van der Waals surface area contributed by atoms with Gasteiger partial charge in [0.15, 0.2) is 11.5 Å². The maximum absolute atomic E-state index is 13.9. The number of phenols is 2. The molecule has 3 aromatic carbocycles. The fourth-order valence-electron chi connectivity index (χ4n) is 5.03. The first-order chi connectivity index (χ1) is 22.9. The average molecular weight is 698 g/mol. The van der Waals surface area contributed by atoms with Crippen molar-refractivity contribution in [3.05, 3.63) is 83.9 Å². The molecule has 0 radical (unpaired) electrons. The molecule has 0 saturated carbocycles. The van der Waals surface area contributed by atoms with E-state index in [0.29, 0.717) is 11.3 Å². The topological polar surface area (TPSA) is 211 Å². The van der Waals surface area contributed by atoms with Crippen LogP contribution in [0.25, 0.3) is 0 Å². The quantitative estimate of drug-likeness (QED) is 0.0917. The zero-order chi connectivity index (χ0) is 36.5. The van der Waals surface area contributed by atoms with E-state index in [0.717, 1.165) is 28.1 Å². The zero-order valence-electron chi connectivity index (χ0n) is 28.4. The van der Waals surface area contributed by atoms with Crippen LogP contribution in [0.1, 0.15) is 50.5 Å². The second-order valence-corrected chi connectivity index (χ2v) is 15.3. The van der Waals surface area contributed by atoms with E-state index in [2.05, 4.69) is 16.0 Å². The summed E-state index contributed by atoms with van der Waals surface area (Å²) < 4.78 is 28.5. The van der Waals surface area contributed by atoms with Gasteiger partial charge in [-0.3, -0.25) is 14.4 Å². The van der Waals surface area contributed by atoms with Gasteiger partial charge in [0.2, 0.25) is 21.8 Å². The van der Waals surface area contributed by atoms with E-state index in [1.165, 1.54) is 12.1 Å². The summed E-state index contributed by atoms with van der Waals surface area (Å²) in [6.45, 7) is 8.04. The summed E-state index contributed by atoms with van der Waals surface area (Å²) >= 11 is 0. The number of carbonyl (C=O) groups excluding carboxylic acids is 3. The number of sulfonamides is 1. The molecule has 266 valence electrons. The lowest BCUT2D eigenvalue weighted by Gasteiger charge is -2.34. The normalized spacial score (nSPS) is 13.8. The lowest BCUT2D eigenvalue weighted by atomic mass is 9.85. The highest BCUT2D eigenvalue weighted by atomic mass is 32.2. The van der Waals surface area contributed by atoms with Crippen LogP contribution < -0.4 is 21.7 Å². The summed E-state index contributed by atoms with van der Waals surface area (Å²) in [5.41, 5.74) is 6.41. The second kappa shape index (κ2) is 16.6. The van der Waals surface area contributed by atoms with Crippen LogP contribution in [0.3, 0.4) is 0 Å². The minimum Gasteiger partial charge on any atom is -0.504 e. The van der Waals surface area contributed by atoms with Gasteiger partial charge in [-0.25, -0.2) is 8.42 Å². The molecule has 8 N–H and O–H groups in total. The van der Waals surface area contributed by atoms with E-state index < -0.39 is 75.9 Å². The van der Waals surface area contributed by atoms with Gasteiger partial charge in [0, 0.05) is 30.4 Å². The fourth-order valence-corrected chi connectivity index (χ4v) is 6.67. The smallest absolute Gasteiger partial charge is 0.251 e. The molecular weight excluding hydrogens is 650 g/mol. The predicted molar refractivity (Wildman–Crippen MR) is 186 cm³/mol. The summed E-state index contributed by atoms with van der Waals surface area (Å²) in [6, 6.07) is 16.2. The summed E-state index contributed by atoms with van der Waals surface area (Å²) in [5.74, 6) is -2.99. The molecule has 0 aromatic heterocycles. The number of nitrogens with zero attached hydrogens (tertiary/aromatic N) is 1. The van der Waals surface area contributed by atoms with Crippen molar-refractivity contribution < 1.29 is 38.1 Å². The number of aliphatic hydroxyl groups is 1. The molecule has 13 nitrogen and oxygen atoms in total. The third-order valence-electron chi connectivity index (χ3n) is 7.65. The van der Waals surface area contributed by atoms with Crippen molar-refractivity contribution in [1.29, 1.82) is 0 Å². The lowest BCUT2D eigenvalue weighted by Crippen LogP contribution is -2.59. The highest BCUT2D eigenvalue weighted by molar-refractivity contribution is 7.89. The van der Waals surface area contributed by atoms with Crippen LogP contribution in [0.4, 0.5) is 5.69 Å². The van der Waals surface area contributed by atoms with Gasteiger partial charge in [-0.05, 0) is 59.7 Å². The molecule has 3 atom stereocenters. The first-order valence-corrected chi connectivity index (χ1v) is 17.3. The number of phenolic OH excluding ortho intramolecular Hbond substituents is 2.